The normalized spacial score (nSPS) is 15.3. The molecule has 0 saturated heterocycles. The Labute approximate surface area is 103 Å². The first-order valence-corrected chi connectivity index (χ1v) is 6.51. The van der Waals surface area contributed by atoms with Crippen LogP contribution in [-0.2, 0) is 10.5 Å². The molecule has 1 aromatic rings. The van der Waals surface area contributed by atoms with Gasteiger partial charge >= 0.3 is 0 Å². The average Bonchev–Trinajstić information content (AvgIpc) is 2.99. The van der Waals surface area contributed by atoms with Crippen LogP contribution in [-0.4, -0.2) is 5.12 Å². The maximum Gasteiger partial charge on any atom is 0.192 e. The Balaban J connectivity index is 1.95. The van der Waals surface area contributed by atoms with E-state index in [4.69, 9.17) is 23.2 Å². The zero-order chi connectivity index (χ0) is 10.8. The van der Waals surface area contributed by atoms with Gasteiger partial charge in [-0.3, -0.25) is 4.79 Å². The van der Waals surface area contributed by atoms with Crippen molar-refractivity contribution in [3.05, 3.63) is 33.8 Å². The van der Waals surface area contributed by atoms with E-state index in [2.05, 4.69) is 0 Å². The molecule has 0 bridgehead atoms. The van der Waals surface area contributed by atoms with E-state index in [-0.39, 0.29) is 0 Å². The van der Waals surface area contributed by atoms with E-state index in [0.29, 0.717) is 26.8 Å². The quantitative estimate of drug-likeness (QED) is 0.812. The molecule has 1 fully saturated rings. The highest BCUT2D eigenvalue weighted by Crippen LogP contribution is 2.35. The molecule has 0 atom stereocenters. The molecule has 0 unspecified atom stereocenters. The van der Waals surface area contributed by atoms with Crippen LogP contribution in [0.2, 0.25) is 10.0 Å². The summed E-state index contributed by atoms with van der Waals surface area (Å²) >= 11 is 13.1. The Bertz CT molecular complexity index is 388. The maximum atomic E-state index is 11.5. The Morgan fingerprint density at radius 3 is 2.73 bits per heavy atom. The first-order chi connectivity index (χ1) is 7.16. The van der Waals surface area contributed by atoms with E-state index < -0.39 is 0 Å². The summed E-state index contributed by atoms with van der Waals surface area (Å²) in [6.07, 6.45) is 2.11. The molecule has 0 heterocycles. The number of carbonyl (C=O) groups is 1. The maximum absolute atomic E-state index is 11.5. The van der Waals surface area contributed by atoms with Crippen molar-refractivity contribution in [2.45, 2.75) is 18.6 Å². The topological polar surface area (TPSA) is 17.1 Å². The fourth-order valence-corrected chi connectivity index (χ4v) is 2.80. The van der Waals surface area contributed by atoms with E-state index in [9.17, 15) is 4.79 Å². The molecule has 1 aliphatic rings. The molecule has 1 nitrogen and oxygen atoms in total. The second-order valence-corrected chi connectivity index (χ2v) is 5.44. The van der Waals surface area contributed by atoms with Crippen LogP contribution in [0.4, 0.5) is 0 Å². The van der Waals surface area contributed by atoms with Crippen molar-refractivity contribution in [3.8, 4) is 0 Å². The number of thioether (sulfide) groups is 1. The summed E-state index contributed by atoms with van der Waals surface area (Å²) in [4.78, 5) is 11.5. The number of halogens is 2. The van der Waals surface area contributed by atoms with Crippen molar-refractivity contribution in [1.82, 2.24) is 0 Å². The molecule has 0 radical (unpaired) electrons. The molecule has 80 valence electrons. The van der Waals surface area contributed by atoms with Gasteiger partial charge in [0.15, 0.2) is 5.12 Å². The first kappa shape index (κ1) is 11.3. The summed E-state index contributed by atoms with van der Waals surface area (Å²) in [5.41, 5.74) is 0.972. The van der Waals surface area contributed by atoms with Crippen molar-refractivity contribution < 1.29 is 4.79 Å². The van der Waals surface area contributed by atoms with Gasteiger partial charge in [0.1, 0.15) is 0 Å². The molecule has 1 aliphatic carbocycles. The summed E-state index contributed by atoms with van der Waals surface area (Å²) in [5, 5.41) is 1.56. The van der Waals surface area contributed by atoms with E-state index in [1.165, 1.54) is 11.8 Å². The summed E-state index contributed by atoms with van der Waals surface area (Å²) in [5.74, 6) is 0.951. The van der Waals surface area contributed by atoms with Crippen LogP contribution < -0.4 is 0 Å². The number of rotatable bonds is 3. The van der Waals surface area contributed by atoms with Gasteiger partial charge in [-0.2, -0.15) is 0 Å². The van der Waals surface area contributed by atoms with Crippen molar-refractivity contribution >= 4 is 40.1 Å². The second kappa shape index (κ2) is 4.77. The lowest BCUT2D eigenvalue weighted by Gasteiger charge is -2.03. The summed E-state index contributed by atoms with van der Waals surface area (Å²) in [6, 6.07) is 5.38. The number of hydrogen-bond donors (Lipinski definition) is 0. The predicted octanol–water partition coefficient (Wildman–Crippen LogP) is 4.16. The van der Waals surface area contributed by atoms with Crippen LogP contribution in [0, 0.1) is 5.92 Å². The van der Waals surface area contributed by atoms with Gasteiger partial charge in [0.2, 0.25) is 0 Å². The van der Waals surface area contributed by atoms with Gasteiger partial charge in [-0.05, 0) is 30.5 Å². The van der Waals surface area contributed by atoms with E-state index in [0.717, 1.165) is 18.4 Å². The molecule has 0 N–H and O–H groups in total. The molecule has 1 aromatic carbocycles. The largest absolute Gasteiger partial charge is 0.287 e. The molecule has 0 aromatic heterocycles. The molecule has 4 heteroatoms. The fraction of sp³-hybridized carbons (Fsp3) is 0.364. The van der Waals surface area contributed by atoms with Gasteiger partial charge in [-0.15, -0.1) is 0 Å². The lowest BCUT2D eigenvalue weighted by molar-refractivity contribution is -0.112. The van der Waals surface area contributed by atoms with Gasteiger partial charge in [-0.1, -0.05) is 41.0 Å². The van der Waals surface area contributed by atoms with Crippen molar-refractivity contribution in [2.75, 3.05) is 0 Å². The van der Waals surface area contributed by atoms with Crippen molar-refractivity contribution in [3.63, 3.8) is 0 Å². The van der Waals surface area contributed by atoms with Crippen LogP contribution in [0.1, 0.15) is 18.4 Å². The number of hydrogen-bond acceptors (Lipinski definition) is 2. The lowest BCUT2D eigenvalue weighted by Crippen LogP contribution is -1.94. The molecule has 0 amide bonds. The molecule has 0 aliphatic heterocycles. The third-order valence-corrected chi connectivity index (χ3v) is 3.96. The van der Waals surface area contributed by atoms with Crippen LogP contribution in [0.15, 0.2) is 18.2 Å². The SMILES string of the molecule is O=C(SCc1ccc(Cl)cc1Cl)C1CC1. The summed E-state index contributed by atoms with van der Waals surface area (Å²) < 4.78 is 0. The van der Waals surface area contributed by atoms with Crippen molar-refractivity contribution in [2.24, 2.45) is 5.92 Å². The monoisotopic (exact) mass is 260 g/mol. The third kappa shape index (κ3) is 3.13. The van der Waals surface area contributed by atoms with Crippen LogP contribution in [0.3, 0.4) is 0 Å². The smallest absolute Gasteiger partial charge is 0.192 e. The van der Waals surface area contributed by atoms with E-state index >= 15 is 0 Å². The zero-order valence-corrected chi connectivity index (χ0v) is 10.3. The third-order valence-electron chi connectivity index (χ3n) is 2.30. The minimum absolute atomic E-state index is 0.293. The highest BCUT2D eigenvalue weighted by atomic mass is 35.5. The van der Waals surface area contributed by atoms with E-state index in [1.807, 2.05) is 6.07 Å². The summed E-state index contributed by atoms with van der Waals surface area (Å²) in [6.45, 7) is 0. The minimum atomic E-state index is 0.293. The number of carbonyl (C=O) groups excluding carboxylic acids is 1. The van der Waals surface area contributed by atoms with Gasteiger partial charge in [0.25, 0.3) is 0 Å². The van der Waals surface area contributed by atoms with Crippen molar-refractivity contribution in [1.29, 1.82) is 0 Å². The van der Waals surface area contributed by atoms with Gasteiger partial charge in [0, 0.05) is 21.7 Å². The molecular formula is C11H10Cl2OS. The fourth-order valence-electron chi connectivity index (χ4n) is 1.22. The Kier molecular flexibility index (Phi) is 3.60. The first-order valence-electron chi connectivity index (χ1n) is 4.77. The molecule has 2 rings (SSSR count). The average molecular weight is 261 g/mol. The molecule has 0 spiro atoms. The minimum Gasteiger partial charge on any atom is -0.287 e. The molecule has 15 heavy (non-hydrogen) atoms. The Morgan fingerprint density at radius 2 is 2.13 bits per heavy atom. The van der Waals surface area contributed by atoms with Gasteiger partial charge in [-0.25, -0.2) is 0 Å². The highest BCUT2D eigenvalue weighted by molar-refractivity contribution is 8.13. The summed E-state index contributed by atoms with van der Waals surface area (Å²) in [7, 11) is 0. The predicted molar refractivity (Wildman–Crippen MR) is 65.5 cm³/mol. The van der Waals surface area contributed by atoms with Gasteiger partial charge in [0.05, 0.1) is 0 Å². The van der Waals surface area contributed by atoms with Crippen LogP contribution >= 0.6 is 35.0 Å². The van der Waals surface area contributed by atoms with Crippen LogP contribution in [0.5, 0.6) is 0 Å². The second-order valence-electron chi connectivity index (χ2n) is 3.62. The van der Waals surface area contributed by atoms with Crippen LogP contribution in [0.25, 0.3) is 0 Å². The lowest BCUT2D eigenvalue weighted by atomic mass is 10.2. The Hall–Kier alpha value is -0.180. The molecular weight excluding hydrogens is 251 g/mol. The highest BCUT2D eigenvalue weighted by Gasteiger charge is 2.29. The van der Waals surface area contributed by atoms with Gasteiger partial charge < -0.3 is 0 Å². The molecule has 1 saturated carbocycles. The number of benzene rings is 1. The van der Waals surface area contributed by atoms with E-state index in [1.54, 1.807) is 12.1 Å². The zero-order valence-electron chi connectivity index (χ0n) is 8.00. The Morgan fingerprint density at radius 1 is 1.40 bits per heavy atom. The standard InChI is InChI=1S/C11H10Cl2OS/c12-9-4-3-8(10(13)5-9)6-15-11(14)7-1-2-7/h3-5,7H,1-2,6H2.